The van der Waals surface area contributed by atoms with Crippen LogP contribution in [0.2, 0.25) is 0 Å². The van der Waals surface area contributed by atoms with E-state index < -0.39 is 0 Å². The SMILES string of the molecule is CCCCCCCCCCCCCC(CCCC(=O)OC)=NC. The van der Waals surface area contributed by atoms with Crippen molar-refractivity contribution in [1.82, 2.24) is 0 Å². The average molecular weight is 326 g/mol. The Morgan fingerprint density at radius 2 is 1.22 bits per heavy atom. The van der Waals surface area contributed by atoms with E-state index in [1.807, 2.05) is 7.05 Å². The lowest BCUT2D eigenvalue weighted by Gasteiger charge is -2.06. The van der Waals surface area contributed by atoms with Crippen LogP contribution in [0.5, 0.6) is 0 Å². The zero-order valence-electron chi connectivity index (χ0n) is 15.9. The number of hydrogen-bond acceptors (Lipinski definition) is 3. The van der Waals surface area contributed by atoms with Crippen molar-refractivity contribution in [1.29, 1.82) is 0 Å². The summed E-state index contributed by atoms with van der Waals surface area (Å²) in [4.78, 5) is 15.4. The van der Waals surface area contributed by atoms with Crippen molar-refractivity contribution in [3.8, 4) is 0 Å². The minimum atomic E-state index is -0.116. The van der Waals surface area contributed by atoms with Gasteiger partial charge < -0.3 is 4.74 Å². The Balaban J connectivity index is 3.36. The molecule has 0 aromatic heterocycles. The molecular formula is C20H39NO2. The molecule has 0 radical (unpaired) electrons. The quantitative estimate of drug-likeness (QED) is 0.195. The van der Waals surface area contributed by atoms with E-state index in [0.717, 1.165) is 19.3 Å². The normalized spacial score (nSPS) is 11.7. The van der Waals surface area contributed by atoms with Crippen LogP contribution in [0.4, 0.5) is 0 Å². The molecule has 3 nitrogen and oxygen atoms in total. The van der Waals surface area contributed by atoms with Crippen LogP contribution in [-0.2, 0) is 9.53 Å². The third kappa shape index (κ3) is 15.8. The first-order valence-electron chi connectivity index (χ1n) is 9.76. The average Bonchev–Trinajstić information content (AvgIpc) is 2.57. The molecule has 23 heavy (non-hydrogen) atoms. The van der Waals surface area contributed by atoms with Crippen molar-refractivity contribution in [3.63, 3.8) is 0 Å². The highest BCUT2D eigenvalue weighted by atomic mass is 16.5. The molecule has 0 atom stereocenters. The van der Waals surface area contributed by atoms with Gasteiger partial charge in [0.2, 0.25) is 0 Å². The second-order valence-corrected chi connectivity index (χ2v) is 6.51. The number of hydrogen-bond donors (Lipinski definition) is 0. The molecule has 0 saturated carbocycles. The summed E-state index contributed by atoms with van der Waals surface area (Å²) in [7, 11) is 3.31. The summed E-state index contributed by atoms with van der Waals surface area (Å²) < 4.78 is 4.66. The minimum absolute atomic E-state index is 0.116. The second-order valence-electron chi connectivity index (χ2n) is 6.51. The Hall–Kier alpha value is -0.860. The molecule has 0 aromatic carbocycles. The van der Waals surface area contributed by atoms with Crippen molar-refractivity contribution in [2.24, 2.45) is 4.99 Å². The van der Waals surface area contributed by atoms with Crippen LogP contribution >= 0.6 is 0 Å². The van der Waals surface area contributed by atoms with E-state index in [2.05, 4.69) is 16.7 Å². The molecule has 0 aromatic rings. The van der Waals surface area contributed by atoms with Crippen LogP contribution in [-0.4, -0.2) is 25.8 Å². The third-order valence-corrected chi connectivity index (χ3v) is 4.46. The summed E-state index contributed by atoms with van der Waals surface area (Å²) in [5.74, 6) is -0.116. The van der Waals surface area contributed by atoms with Crippen molar-refractivity contribution < 1.29 is 9.53 Å². The predicted octanol–water partition coefficient (Wildman–Crippen LogP) is 6.10. The van der Waals surface area contributed by atoms with Gasteiger partial charge in [0.15, 0.2) is 0 Å². The Morgan fingerprint density at radius 1 is 0.739 bits per heavy atom. The van der Waals surface area contributed by atoms with Gasteiger partial charge in [0, 0.05) is 19.2 Å². The first kappa shape index (κ1) is 22.1. The molecule has 0 N–H and O–H groups in total. The Labute approximate surface area is 144 Å². The predicted molar refractivity (Wildman–Crippen MR) is 100 cm³/mol. The van der Waals surface area contributed by atoms with Gasteiger partial charge in [0.05, 0.1) is 7.11 Å². The van der Waals surface area contributed by atoms with E-state index in [4.69, 9.17) is 0 Å². The number of nitrogens with zero attached hydrogens (tertiary/aromatic N) is 1. The largest absolute Gasteiger partial charge is 0.469 e. The van der Waals surface area contributed by atoms with Crippen molar-refractivity contribution >= 4 is 11.7 Å². The summed E-state index contributed by atoms with van der Waals surface area (Å²) in [5.41, 5.74) is 1.25. The molecule has 0 spiro atoms. The van der Waals surface area contributed by atoms with Crippen LogP contribution in [0, 0.1) is 0 Å². The molecule has 0 rings (SSSR count). The van der Waals surface area contributed by atoms with Gasteiger partial charge in [0.1, 0.15) is 0 Å². The van der Waals surface area contributed by atoms with Gasteiger partial charge in [-0.3, -0.25) is 9.79 Å². The summed E-state index contributed by atoms with van der Waals surface area (Å²) >= 11 is 0. The topological polar surface area (TPSA) is 38.7 Å². The highest BCUT2D eigenvalue weighted by Crippen LogP contribution is 2.13. The van der Waals surface area contributed by atoms with Crippen LogP contribution in [0.15, 0.2) is 4.99 Å². The minimum Gasteiger partial charge on any atom is -0.469 e. The summed E-state index contributed by atoms with van der Waals surface area (Å²) in [5, 5.41) is 0. The molecule has 3 heteroatoms. The van der Waals surface area contributed by atoms with Crippen molar-refractivity contribution in [2.75, 3.05) is 14.2 Å². The van der Waals surface area contributed by atoms with Crippen LogP contribution in [0.3, 0.4) is 0 Å². The molecular weight excluding hydrogens is 286 g/mol. The number of carbonyl (C=O) groups is 1. The molecule has 136 valence electrons. The van der Waals surface area contributed by atoms with E-state index in [1.54, 1.807) is 0 Å². The molecule has 0 aliphatic rings. The molecule has 0 aliphatic carbocycles. The number of aliphatic imine (C=N–C) groups is 1. The van der Waals surface area contributed by atoms with Gasteiger partial charge in [-0.05, 0) is 25.7 Å². The summed E-state index contributed by atoms with van der Waals surface area (Å²) in [6.45, 7) is 2.27. The number of ether oxygens (including phenoxy) is 1. The van der Waals surface area contributed by atoms with Crippen molar-refractivity contribution in [2.45, 2.75) is 103 Å². The highest BCUT2D eigenvalue weighted by molar-refractivity contribution is 5.84. The Bertz CT molecular complexity index is 300. The summed E-state index contributed by atoms with van der Waals surface area (Å²) in [6.07, 6.45) is 18.5. The molecule has 0 fully saturated rings. The van der Waals surface area contributed by atoms with E-state index >= 15 is 0 Å². The zero-order chi connectivity index (χ0) is 17.2. The van der Waals surface area contributed by atoms with Gasteiger partial charge in [0.25, 0.3) is 0 Å². The van der Waals surface area contributed by atoms with Gasteiger partial charge in [-0.25, -0.2) is 0 Å². The van der Waals surface area contributed by atoms with E-state index in [1.165, 1.54) is 83.5 Å². The maximum Gasteiger partial charge on any atom is 0.305 e. The molecule has 0 bridgehead atoms. The van der Waals surface area contributed by atoms with Crippen LogP contribution in [0.25, 0.3) is 0 Å². The van der Waals surface area contributed by atoms with Gasteiger partial charge in [-0.15, -0.1) is 0 Å². The Morgan fingerprint density at radius 3 is 1.70 bits per heavy atom. The number of rotatable bonds is 16. The monoisotopic (exact) mass is 325 g/mol. The van der Waals surface area contributed by atoms with E-state index in [0.29, 0.717) is 6.42 Å². The van der Waals surface area contributed by atoms with Gasteiger partial charge in [-0.1, -0.05) is 71.1 Å². The lowest BCUT2D eigenvalue weighted by molar-refractivity contribution is -0.140. The second kappa shape index (κ2) is 17.5. The van der Waals surface area contributed by atoms with E-state index in [-0.39, 0.29) is 5.97 Å². The van der Waals surface area contributed by atoms with Gasteiger partial charge >= 0.3 is 5.97 Å². The number of esters is 1. The zero-order valence-corrected chi connectivity index (χ0v) is 15.9. The number of methoxy groups -OCH3 is 1. The number of unbranched alkanes of at least 4 members (excludes halogenated alkanes) is 10. The molecule has 0 heterocycles. The van der Waals surface area contributed by atoms with Gasteiger partial charge in [-0.2, -0.15) is 0 Å². The Kier molecular flexibility index (Phi) is 16.8. The maximum absolute atomic E-state index is 11.1. The molecule has 0 amide bonds. The fraction of sp³-hybridized carbons (Fsp3) is 0.900. The lowest BCUT2D eigenvalue weighted by atomic mass is 10.0. The first-order valence-corrected chi connectivity index (χ1v) is 9.76. The summed E-state index contributed by atoms with van der Waals surface area (Å²) in [6, 6.07) is 0. The maximum atomic E-state index is 11.1. The van der Waals surface area contributed by atoms with Crippen LogP contribution < -0.4 is 0 Å². The molecule has 0 aliphatic heterocycles. The fourth-order valence-electron chi connectivity index (χ4n) is 2.88. The van der Waals surface area contributed by atoms with E-state index in [9.17, 15) is 4.79 Å². The first-order chi connectivity index (χ1) is 11.2. The van der Waals surface area contributed by atoms with Crippen molar-refractivity contribution in [3.05, 3.63) is 0 Å². The highest BCUT2D eigenvalue weighted by Gasteiger charge is 2.03. The van der Waals surface area contributed by atoms with Crippen LogP contribution in [0.1, 0.15) is 103 Å². The fourth-order valence-corrected chi connectivity index (χ4v) is 2.88. The molecule has 0 saturated heterocycles. The molecule has 0 unspecified atom stereocenters. The smallest absolute Gasteiger partial charge is 0.305 e. The third-order valence-electron chi connectivity index (χ3n) is 4.46. The number of carbonyl (C=O) groups excluding carboxylic acids is 1. The standard InChI is InChI=1S/C20H39NO2/c1-4-5-6-7-8-9-10-11-12-13-14-16-19(21-2)17-15-18-20(22)23-3/h4-18H2,1-3H3. The lowest BCUT2D eigenvalue weighted by Crippen LogP contribution is -2.03.